The highest BCUT2D eigenvalue weighted by atomic mass is 32.2. The van der Waals surface area contributed by atoms with E-state index in [1.165, 1.54) is 0 Å². The Hall–Kier alpha value is 0.350. The highest BCUT2D eigenvalue weighted by molar-refractivity contribution is 8.01. The van der Waals surface area contributed by atoms with E-state index in [0.29, 0.717) is 0 Å². The molecule has 0 radical (unpaired) electrons. The van der Waals surface area contributed by atoms with Crippen molar-refractivity contribution >= 4 is 24.4 Å². The molecule has 7 heteroatoms. The van der Waals surface area contributed by atoms with Crippen molar-refractivity contribution < 1.29 is 22.0 Å². The van der Waals surface area contributed by atoms with Crippen LogP contribution < -0.4 is 0 Å². The van der Waals surface area contributed by atoms with Gasteiger partial charge in [0.15, 0.2) is 0 Å². The molecule has 11 heavy (non-hydrogen) atoms. The van der Waals surface area contributed by atoms with Crippen molar-refractivity contribution in [3.05, 3.63) is 0 Å². The van der Waals surface area contributed by atoms with E-state index < -0.39 is 23.2 Å². The van der Waals surface area contributed by atoms with Crippen LogP contribution in [0.5, 0.6) is 0 Å². The molecular weight excluding hydrogens is 207 g/mol. The van der Waals surface area contributed by atoms with Crippen LogP contribution in [0.3, 0.4) is 0 Å². The van der Waals surface area contributed by atoms with E-state index >= 15 is 0 Å². The third-order valence-corrected chi connectivity index (χ3v) is 2.23. The average Bonchev–Trinajstić information content (AvgIpc) is 1.81. The first kappa shape index (κ1) is 11.4. The Kier molecular flexibility index (Phi) is 3.96. The van der Waals surface area contributed by atoms with Crippen LogP contribution in [-0.4, -0.2) is 22.9 Å². The summed E-state index contributed by atoms with van der Waals surface area (Å²) in [6.45, 7) is 0. The molecule has 68 valence electrons. The van der Waals surface area contributed by atoms with Gasteiger partial charge in [0.25, 0.3) is 0 Å². The molecule has 0 nitrogen and oxygen atoms in total. The van der Waals surface area contributed by atoms with Gasteiger partial charge in [0.2, 0.25) is 0 Å². The van der Waals surface area contributed by atoms with Gasteiger partial charge in [0.05, 0.1) is 0 Å². The SMILES string of the molecule is FC(F)(F)C(F)(F)SCCS. The largest absolute Gasteiger partial charge is 0.464 e. The third-order valence-electron chi connectivity index (χ3n) is 0.705. The zero-order chi connectivity index (χ0) is 9.12. The highest BCUT2D eigenvalue weighted by Gasteiger charge is 2.57. The van der Waals surface area contributed by atoms with Gasteiger partial charge in [0.1, 0.15) is 0 Å². The molecule has 0 bridgehead atoms. The van der Waals surface area contributed by atoms with Gasteiger partial charge in [-0.25, -0.2) is 0 Å². The average molecular weight is 212 g/mol. The monoisotopic (exact) mass is 212 g/mol. The summed E-state index contributed by atoms with van der Waals surface area (Å²) in [5.74, 6) is -0.327. The molecule has 0 aliphatic rings. The fraction of sp³-hybridized carbons (Fsp3) is 1.00. The molecule has 0 aromatic carbocycles. The van der Waals surface area contributed by atoms with Gasteiger partial charge in [-0.1, -0.05) is 11.8 Å². The number of halogens is 5. The first-order valence-electron chi connectivity index (χ1n) is 2.50. The quantitative estimate of drug-likeness (QED) is 0.554. The molecule has 0 aliphatic carbocycles. The summed E-state index contributed by atoms with van der Waals surface area (Å²) >= 11 is 3.06. The minimum atomic E-state index is -5.46. The van der Waals surface area contributed by atoms with E-state index in [9.17, 15) is 22.0 Å². The molecule has 0 amide bonds. The molecule has 0 fully saturated rings. The normalized spacial score (nSPS) is 13.6. The summed E-state index contributed by atoms with van der Waals surface area (Å²) in [5, 5.41) is -4.64. The molecule has 0 heterocycles. The van der Waals surface area contributed by atoms with Crippen LogP contribution in [0, 0.1) is 0 Å². The molecule has 0 rings (SSSR count). The van der Waals surface area contributed by atoms with Crippen molar-refractivity contribution in [3.63, 3.8) is 0 Å². The van der Waals surface area contributed by atoms with E-state index in [4.69, 9.17) is 0 Å². The third kappa shape index (κ3) is 3.50. The highest BCUT2D eigenvalue weighted by Crippen LogP contribution is 2.43. The van der Waals surface area contributed by atoms with Crippen LogP contribution in [0.2, 0.25) is 0 Å². The number of hydrogen-bond donors (Lipinski definition) is 1. The van der Waals surface area contributed by atoms with E-state index in [1.54, 1.807) is 0 Å². The van der Waals surface area contributed by atoms with E-state index in [1.807, 2.05) is 0 Å². The summed E-state index contributed by atoms with van der Waals surface area (Å²) in [4.78, 5) is 0. The number of thioether (sulfide) groups is 1. The van der Waals surface area contributed by atoms with Crippen LogP contribution >= 0.6 is 24.4 Å². The Balaban J connectivity index is 4.00. The standard InChI is InChI=1S/C4H5F5S2/c5-3(6,7)4(8,9)11-2-1-10/h10H,1-2H2. The fourth-order valence-electron chi connectivity index (χ4n) is 0.256. The fourth-order valence-corrected chi connectivity index (χ4v) is 1.04. The Morgan fingerprint density at radius 2 is 1.55 bits per heavy atom. The van der Waals surface area contributed by atoms with Crippen molar-refractivity contribution in [1.82, 2.24) is 0 Å². The van der Waals surface area contributed by atoms with Gasteiger partial charge < -0.3 is 0 Å². The van der Waals surface area contributed by atoms with Gasteiger partial charge in [-0.15, -0.1) is 0 Å². The summed E-state index contributed by atoms with van der Waals surface area (Å²) in [6, 6.07) is 0. The maximum Gasteiger partial charge on any atom is 0.464 e. The van der Waals surface area contributed by atoms with Crippen molar-refractivity contribution in [2.45, 2.75) is 11.4 Å². The molecule has 0 saturated carbocycles. The zero-order valence-electron chi connectivity index (χ0n) is 5.16. The second kappa shape index (κ2) is 3.84. The zero-order valence-corrected chi connectivity index (χ0v) is 6.87. The lowest BCUT2D eigenvalue weighted by Crippen LogP contribution is -2.33. The lowest BCUT2D eigenvalue weighted by Gasteiger charge is -2.17. The molecular formula is C4H5F5S2. The first-order chi connectivity index (χ1) is 4.81. The van der Waals surface area contributed by atoms with Crippen molar-refractivity contribution in [2.75, 3.05) is 11.5 Å². The molecule has 0 saturated heterocycles. The van der Waals surface area contributed by atoms with Gasteiger partial charge in [0, 0.05) is 5.75 Å². The molecule has 0 aromatic rings. The molecule has 0 aliphatic heterocycles. The smallest absolute Gasteiger partial charge is 0.184 e. The minimum absolute atomic E-state index is 0.00363. The molecule has 0 spiro atoms. The lowest BCUT2D eigenvalue weighted by molar-refractivity contribution is -0.237. The van der Waals surface area contributed by atoms with Gasteiger partial charge >= 0.3 is 11.4 Å². The first-order valence-corrected chi connectivity index (χ1v) is 4.12. The Bertz CT molecular complexity index is 120. The van der Waals surface area contributed by atoms with E-state index in [-0.39, 0.29) is 11.5 Å². The predicted molar refractivity (Wildman–Crippen MR) is 37.3 cm³/mol. The van der Waals surface area contributed by atoms with Crippen LogP contribution in [0.25, 0.3) is 0 Å². The number of thiol groups is 1. The number of alkyl halides is 5. The summed E-state index contributed by atoms with van der Waals surface area (Å²) in [5.41, 5.74) is 0. The minimum Gasteiger partial charge on any atom is -0.184 e. The van der Waals surface area contributed by atoms with Crippen LogP contribution in [0.4, 0.5) is 22.0 Å². The van der Waals surface area contributed by atoms with Crippen LogP contribution in [0.15, 0.2) is 0 Å². The Morgan fingerprint density at radius 1 is 1.09 bits per heavy atom. The van der Waals surface area contributed by atoms with Crippen molar-refractivity contribution in [1.29, 1.82) is 0 Å². The topological polar surface area (TPSA) is 0 Å². The molecule has 0 N–H and O–H groups in total. The second-order valence-electron chi connectivity index (χ2n) is 1.59. The summed E-state index contributed by atoms with van der Waals surface area (Å²) in [7, 11) is 0. The maximum atomic E-state index is 11.9. The van der Waals surface area contributed by atoms with E-state index in [2.05, 4.69) is 12.6 Å². The van der Waals surface area contributed by atoms with Gasteiger partial charge in [-0.3, -0.25) is 0 Å². The van der Waals surface area contributed by atoms with Crippen LogP contribution in [0.1, 0.15) is 0 Å². The van der Waals surface area contributed by atoms with Crippen molar-refractivity contribution in [2.24, 2.45) is 0 Å². The Morgan fingerprint density at radius 3 is 1.82 bits per heavy atom. The molecule has 0 atom stereocenters. The number of rotatable bonds is 3. The lowest BCUT2D eigenvalue weighted by atomic mass is 10.7. The number of hydrogen-bond acceptors (Lipinski definition) is 2. The summed E-state index contributed by atoms with van der Waals surface area (Å²) in [6.07, 6.45) is -5.46. The maximum absolute atomic E-state index is 11.9. The van der Waals surface area contributed by atoms with E-state index in [0.717, 1.165) is 0 Å². The predicted octanol–water partition coefficient (Wildman–Crippen LogP) is 2.80. The van der Waals surface area contributed by atoms with Crippen LogP contribution in [-0.2, 0) is 0 Å². The second-order valence-corrected chi connectivity index (χ2v) is 3.24. The van der Waals surface area contributed by atoms with Gasteiger partial charge in [-0.2, -0.15) is 34.6 Å². The van der Waals surface area contributed by atoms with Gasteiger partial charge in [-0.05, 0) is 5.75 Å². The molecule has 0 unspecified atom stereocenters. The Labute approximate surface area is 69.9 Å². The molecule has 0 aromatic heterocycles. The van der Waals surface area contributed by atoms with Crippen molar-refractivity contribution in [3.8, 4) is 0 Å². The summed E-state index contributed by atoms with van der Waals surface area (Å²) < 4.78 is 57.9.